The molecule has 0 saturated carbocycles. The largest absolute Gasteiger partial charge is 0.255 e. The molecule has 0 bridgehead atoms. The lowest BCUT2D eigenvalue weighted by molar-refractivity contribution is 1.24. The maximum Gasteiger partial charge on any atom is 0.0889 e. The van der Waals surface area contributed by atoms with Crippen LogP contribution >= 0.6 is 0 Å². The van der Waals surface area contributed by atoms with Gasteiger partial charge in [0.05, 0.1) is 11.0 Å². The fourth-order valence-electron chi connectivity index (χ4n) is 1.06. The molecule has 0 unspecified atom stereocenters. The number of fused-ring (bicyclic) bond motifs is 1. The Labute approximate surface area is 92.4 Å². The maximum absolute atomic E-state index is 4.31. The summed E-state index contributed by atoms with van der Waals surface area (Å²) in [4.78, 5) is 8.47. The predicted octanol–water partition coefficient (Wildman–Crippen LogP) is 3.99. The van der Waals surface area contributed by atoms with Gasteiger partial charge in [-0.15, -0.1) is 0 Å². The molecule has 82 valence electrons. The van der Waals surface area contributed by atoms with Crippen molar-refractivity contribution in [2.45, 2.75) is 34.6 Å². The molecule has 2 heteroatoms. The molecule has 0 aliphatic heterocycles. The van der Waals surface area contributed by atoms with Gasteiger partial charge in [-0.05, 0) is 31.2 Å². The zero-order valence-electron chi connectivity index (χ0n) is 10.3. The van der Waals surface area contributed by atoms with Gasteiger partial charge in [-0.1, -0.05) is 27.7 Å². The van der Waals surface area contributed by atoms with Crippen LogP contribution in [-0.2, 0) is 0 Å². The number of hydrogen-bond donors (Lipinski definition) is 0. The van der Waals surface area contributed by atoms with Gasteiger partial charge < -0.3 is 0 Å². The fraction of sp³-hybridized carbons (Fsp3) is 0.385. The van der Waals surface area contributed by atoms with E-state index in [1.54, 1.807) is 6.20 Å². The Balaban J connectivity index is 0.000000442. The highest BCUT2D eigenvalue weighted by molar-refractivity contribution is 5.73. The smallest absolute Gasteiger partial charge is 0.0889 e. The van der Waals surface area contributed by atoms with Crippen LogP contribution in [0, 0.1) is 6.92 Å². The standard InChI is InChI=1S/C9H8N2.2C2H6/c1-7-4-5-8-9(11-7)3-2-6-10-8;2*1-2/h2-6H,1H3;2*1-2H3. The van der Waals surface area contributed by atoms with E-state index in [0.717, 1.165) is 16.7 Å². The Morgan fingerprint density at radius 3 is 2.20 bits per heavy atom. The van der Waals surface area contributed by atoms with Crippen LogP contribution < -0.4 is 0 Å². The van der Waals surface area contributed by atoms with Crippen LogP contribution in [0.3, 0.4) is 0 Å². The molecule has 0 aliphatic carbocycles. The van der Waals surface area contributed by atoms with E-state index in [-0.39, 0.29) is 0 Å². The summed E-state index contributed by atoms with van der Waals surface area (Å²) in [7, 11) is 0. The first-order valence-corrected chi connectivity index (χ1v) is 5.55. The SMILES string of the molecule is CC.CC.Cc1ccc2ncccc2n1. The minimum absolute atomic E-state index is 0.957. The van der Waals surface area contributed by atoms with E-state index in [1.807, 2.05) is 58.9 Å². The summed E-state index contributed by atoms with van der Waals surface area (Å²) in [6.45, 7) is 9.98. The van der Waals surface area contributed by atoms with Crippen LogP contribution in [0.15, 0.2) is 30.5 Å². The minimum Gasteiger partial charge on any atom is -0.255 e. The van der Waals surface area contributed by atoms with E-state index in [0.29, 0.717) is 0 Å². The lowest BCUT2D eigenvalue weighted by Gasteiger charge is -1.95. The topological polar surface area (TPSA) is 25.8 Å². The number of pyridine rings is 2. The van der Waals surface area contributed by atoms with E-state index in [2.05, 4.69) is 9.97 Å². The summed E-state index contributed by atoms with van der Waals surface area (Å²) in [6, 6.07) is 7.82. The van der Waals surface area contributed by atoms with Gasteiger partial charge in [0, 0.05) is 11.9 Å². The van der Waals surface area contributed by atoms with Crippen molar-refractivity contribution in [1.82, 2.24) is 9.97 Å². The van der Waals surface area contributed by atoms with Crippen LogP contribution in [0.4, 0.5) is 0 Å². The highest BCUT2D eigenvalue weighted by Crippen LogP contribution is 2.07. The molecule has 2 rings (SSSR count). The van der Waals surface area contributed by atoms with E-state index in [4.69, 9.17) is 0 Å². The molecule has 2 heterocycles. The molecule has 0 aliphatic rings. The first-order valence-electron chi connectivity index (χ1n) is 5.55. The number of aryl methyl sites for hydroxylation is 1. The normalized spacial score (nSPS) is 8.33. The lowest BCUT2D eigenvalue weighted by atomic mass is 10.3. The molecular weight excluding hydrogens is 184 g/mol. The van der Waals surface area contributed by atoms with Crippen molar-refractivity contribution < 1.29 is 0 Å². The summed E-state index contributed by atoms with van der Waals surface area (Å²) >= 11 is 0. The average Bonchev–Trinajstić information content (AvgIpc) is 2.34. The molecule has 2 aromatic heterocycles. The highest BCUT2D eigenvalue weighted by atomic mass is 14.7. The van der Waals surface area contributed by atoms with E-state index in [9.17, 15) is 0 Å². The van der Waals surface area contributed by atoms with Gasteiger partial charge >= 0.3 is 0 Å². The lowest BCUT2D eigenvalue weighted by Crippen LogP contribution is -1.83. The van der Waals surface area contributed by atoms with E-state index >= 15 is 0 Å². The summed E-state index contributed by atoms with van der Waals surface area (Å²) in [6.07, 6.45) is 1.78. The molecule has 0 atom stereocenters. The van der Waals surface area contributed by atoms with Crippen LogP contribution in [0.1, 0.15) is 33.4 Å². The molecule has 2 nitrogen and oxygen atoms in total. The van der Waals surface area contributed by atoms with Gasteiger partial charge in [0.25, 0.3) is 0 Å². The van der Waals surface area contributed by atoms with Gasteiger partial charge in [0.15, 0.2) is 0 Å². The Kier molecular flexibility index (Phi) is 7.16. The molecule has 2 aromatic rings. The summed E-state index contributed by atoms with van der Waals surface area (Å²) in [5.41, 5.74) is 2.95. The molecule has 0 radical (unpaired) electrons. The van der Waals surface area contributed by atoms with Crippen LogP contribution in [-0.4, -0.2) is 9.97 Å². The fourth-order valence-corrected chi connectivity index (χ4v) is 1.06. The van der Waals surface area contributed by atoms with Crippen LogP contribution in [0.2, 0.25) is 0 Å². The minimum atomic E-state index is 0.957. The third-order valence-corrected chi connectivity index (χ3v) is 1.60. The van der Waals surface area contributed by atoms with Gasteiger partial charge in [-0.2, -0.15) is 0 Å². The summed E-state index contributed by atoms with van der Waals surface area (Å²) < 4.78 is 0. The summed E-state index contributed by atoms with van der Waals surface area (Å²) in [5, 5.41) is 0. The van der Waals surface area contributed by atoms with Crippen molar-refractivity contribution in [3.05, 3.63) is 36.2 Å². The van der Waals surface area contributed by atoms with Crippen molar-refractivity contribution in [2.24, 2.45) is 0 Å². The van der Waals surface area contributed by atoms with Crippen molar-refractivity contribution in [3.8, 4) is 0 Å². The second-order valence-corrected chi connectivity index (χ2v) is 2.49. The Morgan fingerprint density at radius 2 is 1.53 bits per heavy atom. The molecule has 0 spiro atoms. The second-order valence-electron chi connectivity index (χ2n) is 2.49. The first-order chi connectivity index (χ1) is 7.36. The first kappa shape index (κ1) is 13.6. The Hall–Kier alpha value is -1.44. The molecule has 0 saturated heterocycles. The Morgan fingerprint density at radius 1 is 0.867 bits per heavy atom. The number of aromatic nitrogens is 2. The molecule has 0 fully saturated rings. The molecule has 0 N–H and O–H groups in total. The van der Waals surface area contributed by atoms with Gasteiger partial charge in [0.1, 0.15) is 0 Å². The van der Waals surface area contributed by atoms with Gasteiger partial charge in [0.2, 0.25) is 0 Å². The van der Waals surface area contributed by atoms with Crippen LogP contribution in [0.25, 0.3) is 11.0 Å². The third-order valence-electron chi connectivity index (χ3n) is 1.60. The van der Waals surface area contributed by atoms with Gasteiger partial charge in [-0.25, -0.2) is 0 Å². The number of nitrogens with zero attached hydrogens (tertiary/aromatic N) is 2. The maximum atomic E-state index is 4.31. The quantitative estimate of drug-likeness (QED) is 0.648. The van der Waals surface area contributed by atoms with E-state index < -0.39 is 0 Å². The zero-order valence-corrected chi connectivity index (χ0v) is 10.3. The number of rotatable bonds is 0. The van der Waals surface area contributed by atoms with Gasteiger partial charge in [-0.3, -0.25) is 9.97 Å². The molecular formula is C13H20N2. The number of hydrogen-bond acceptors (Lipinski definition) is 2. The zero-order chi connectivity index (χ0) is 11.7. The van der Waals surface area contributed by atoms with E-state index in [1.165, 1.54) is 0 Å². The van der Waals surface area contributed by atoms with Crippen molar-refractivity contribution in [2.75, 3.05) is 0 Å². The Bertz CT molecular complexity index is 383. The summed E-state index contributed by atoms with van der Waals surface area (Å²) in [5.74, 6) is 0. The average molecular weight is 204 g/mol. The monoisotopic (exact) mass is 204 g/mol. The van der Waals surface area contributed by atoms with Crippen LogP contribution in [0.5, 0.6) is 0 Å². The van der Waals surface area contributed by atoms with Crippen molar-refractivity contribution in [3.63, 3.8) is 0 Å². The third kappa shape index (κ3) is 4.07. The van der Waals surface area contributed by atoms with Crippen molar-refractivity contribution >= 4 is 11.0 Å². The van der Waals surface area contributed by atoms with Crippen molar-refractivity contribution in [1.29, 1.82) is 0 Å². The molecule has 0 aromatic carbocycles. The molecule has 0 amide bonds. The second kappa shape index (κ2) is 7.92. The predicted molar refractivity (Wildman–Crippen MR) is 67.0 cm³/mol. The molecule has 15 heavy (non-hydrogen) atoms. The highest BCUT2D eigenvalue weighted by Gasteiger charge is 1.92.